The van der Waals surface area contributed by atoms with Gasteiger partial charge in [0.25, 0.3) is 5.91 Å². The van der Waals surface area contributed by atoms with Gasteiger partial charge in [0.05, 0.1) is 18.7 Å². The smallest absolute Gasteiger partial charge is 0.491 e. The minimum absolute atomic E-state index is 0.1000. The molecule has 2 aromatic carbocycles. The quantitative estimate of drug-likeness (QED) is 0.603. The Balaban J connectivity index is 1.56. The van der Waals surface area contributed by atoms with E-state index in [4.69, 9.17) is 4.74 Å². The van der Waals surface area contributed by atoms with Crippen molar-refractivity contribution >= 4 is 17.6 Å². The van der Waals surface area contributed by atoms with Crippen LogP contribution in [0.15, 0.2) is 54.7 Å². The number of halogens is 3. The van der Waals surface area contributed by atoms with Crippen molar-refractivity contribution in [3.8, 4) is 22.6 Å². The van der Waals surface area contributed by atoms with Crippen molar-refractivity contribution in [3.05, 3.63) is 66.1 Å². The second kappa shape index (κ2) is 9.38. The van der Waals surface area contributed by atoms with Crippen LogP contribution in [0.25, 0.3) is 11.1 Å². The van der Waals surface area contributed by atoms with Gasteiger partial charge in [-0.05, 0) is 41.5 Å². The molecule has 0 spiro atoms. The van der Waals surface area contributed by atoms with E-state index in [2.05, 4.69) is 20.0 Å². The van der Waals surface area contributed by atoms with E-state index in [-0.39, 0.29) is 30.7 Å². The lowest BCUT2D eigenvalue weighted by atomic mass is 10.0. The first kappa shape index (κ1) is 23.0. The maximum absolute atomic E-state index is 13.3. The SMILES string of the molecule is CC(=O)Nc1ccnc(CN2CCOc3ccc(-c4ccc(OC(F)(F)F)cc4)cc3C2=O)n1. The number of carbonyl (C=O) groups excluding carboxylic acids is 2. The average molecular weight is 472 g/mol. The zero-order chi connectivity index (χ0) is 24.3. The molecule has 176 valence electrons. The molecule has 0 saturated heterocycles. The normalized spacial score (nSPS) is 13.5. The number of hydrogen-bond acceptors (Lipinski definition) is 6. The number of ether oxygens (including phenoxy) is 2. The van der Waals surface area contributed by atoms with Crippen LogP contribution in [0.5, 0.6) is 11.5 Å². The third-order valence-electron chi connectivity index (χ3n) is 4.88. The van der Waals surface area contributed by atoms with E-state index in [0.717, 1.165) is 0 Å². The second-order valence-corrected chi connectivity index (χ2v) is 7.40. The molecule has 1 N–H and O–H groups in total. The van der Waals surface area contributed by atoms with Crippen molar-refractivity contribution in [1.82, 2.24) is 14.9 Å². The number of nitrogens with zero attached hydrogens (tertiary/aromatic N) is 3. The standard InChI is InChI=1S/C23H19F3N4O4/c1-14(31)28-20-8-9-27-21(29-20)13-30-10-11-33-19-7-4-16(12-18(19)22(30)32)15-2-5-17(6-3-15)34-23(24,25)26/h2-9,12H,10-11,13H2,1H3,(H,27,28,29,31). The van der Waals surface area contributed by atoms with Crippen LogP contribution in [-0.4, -0.2) is 46.2 Å². The molecule has 0 saturated carbocycles. The number of nitrogens with one attached hydrogen (secondary N) is 1. The fraction of sp³-hybridized carbons (Fsp3) is 0.217. The van der Waals surface area contributed by atoms with Gasteiger partial charge >= 0.3 is 6.36 Å². The third kappa shape index (κ3) is 5.61. The number of aromatic nitrogens is 2. The molecule has 1 aromatic heterocycles. The molecule has 0 fully saturated rings. The minimum atomic E-state index is -4.77. The molecule has 0 bridgehead atoms. The van der Waals surface area contributed by atoms with Gasteiger partial charge in [-0.15, -0.1) is 13.2 Å². The first-order valence-electron chi connectivity index (χ1n) is 10.2. The lowest BCUT2D eigenvalue weighted by Crippen LogP contribution is -2.32. The third-order valence-corrected chi connectivity index (χ3v) is 4.88. The van der Waals surface area contributed by atoms with Crippen LogP contribution in [0, 0.1) is 0 Å². The molecule has 1 aliphatic rings. The van der Waals surface area contributed by atoms with Crippen molar-refractivity contribution in [2.75, 3.05) is 18.5 Å². The van der Waals surface area contributed by atoms with E-state index < -0.39 is 6.36 Å². The van der Waals surface area contributed by atoms with Crippen LogP contribution in [-0.2, 0) is 11.3 Å². The Labute approximate surface area is 192 Å². The van der Waals surface area contributed by atoms with Gasteiger partial charge in [0, 0.05) is 13.1 Å². The van der Waals surface area contributed by atoms with Crippen LogP contribution in [0.3, 0.4) is 0 Å². The lowest BCUT2D eigenvalue weighted by molar-refractivity contribution is -0.274. The summed E-state index contributed by atoms with van der Waals surface area (Å²) < 4.78 is 46.8. The highest BCUT2D eigenvalue weighted by Crippen LogP contribution is 2.31. The lowest BCUT2D eigenvalue weighted by Gasteiger charge is -2.19. The van der Waals surface area contributed by atoms with Gasteiger partial charge in [-0.3, -0.25) is 9.59 Å². The summed E-state index contributed by atoms with van der Waals surface area (Å²) in [5, 5.41) is 2.57. The first-order chi connectivity index (χ1) is 16.2. The van der Waals surface area contributed by atoms with Crippen LogP contribution in [0.2, 0.25) is 0 Å². The van der Waals surface area contributed by atoms with Crippen molar-refractivity contribution < 1.29 is 32.2 Å². The number of rotatable bonds is 5. The molecular weight excluding hydrogens is 453 g/mol. The summed E-state index contributed by atoms with van der Waals surface area (Å²) in [6.07, 6.45) is -3.28. The van der Waals surface area contributed by atoms with E-state index in [1.165, 1.54) is 42.3 Å². The fourth-order valence-corrected chi connectivity index (χ4v) is 3.44. The Hall–Kier alpha value is -4.15. The number of hydrogen-bond donors (Lipinski definition) is 1. The molecule has 4 rings (SSSR count). The molecule has 0 atom stereocenters. The van der Waals surface area contributed by atoms with E-state index in [9.17, 15) is 22.8 Å². The van der Waals surface area contributed by atoms with Gasteiger partial charge in [-0.1, -0.05) is 18.2 Å². The van der Waals surface area contributed by atoms with Crippen molar-refractivity contribution in [2.45, 2.75) is 19.8 Å². The molecule has 8 nitrogen and oxygen atoms in total. The number of fused-ring (bicyclic) bond motifs is 1. The van der Waals surface area contributed by atoms with E-state index >= 15 is 0 Å². The van der Waals surface area contributed by atoms with E-state index in [0.29, 0.717) is 40.6 Å². The summed E-state index contributed by atoms with van der Waals surface area (Å²) >= 11 is 0. The van der Waals surface area contributed by atoms with Crippen LogP contribution < -0.4 is 14.8 Å². The number of alkyl halides is 3. The average Bonchev–Trinajstić information content (AvgIpc) is 2.92. The van der Waals surface area contributed by atoms with Gasteiger partial charge < -0.3 is 19.7 Å². The Bertz CT molecular complexity index is 1220. The summed E-state index contributed by atoms with van der Waals surface area (Å²) in [6.45, 7) is 2.01. The van der Waals surface area contributed by atoms with Crippen LogP contribution in [0.4, 0.5) is 19.0 Å². The molecule has 2 heterocycles. The summed E-state index contributed by atoms with van der Waals surface area (Å²) in [6, 6.07) is 11.9. The molecular formula is C23H19F3N4O4. The molecule has 2 amide bonds. The topological polar surface area (TPSA) is 93.7 Å². The number of benzene rings is 2. The summed E-state index contributed by atoms with van der Waals surface area (Å²) in [4.78, 5) is 34.5. The van der Waals surface area contributed by atoms with Gasteiger partial charge in [-0.25, -0.2) is 9.97 Å². The highest BCUT2D eigenvalue weighted by Gasteiger charge is 2.31. The Morgan fingerprint density at radius 2 is 1.88 bits per heavy atom. The summed E-state index contributed by atoms with van der Waals surface area (Å²) in [7, 11) is 0. The molecule has 34 heavy (non-hydrogen) atoms. The van der Waals surface area contributed by atoms with Gasteiger partial charge in [0.1, 0.15) is 29.7 Å². The second-order valence-electron chi connectivity index (χ2n) is 7.40. The van der Waals surface area contributed by atoms with Crippen molar-refractivity contribution in [3.63, 3.8) is 0 Å². The van der Waals surface area contributed by atoms with Gasteiger partial charge in [-0.2, -0.15) is 0 Å². The Kier molecular flexibility index (Phi) is 6.35. The maximum Gasteiger partial charge on any atom is 0.573 e. The van der Waals surface area contributed by atoms with Gasteiger partial charge in [0.2, 0.25) is 5.91 Å². The largest absolute Gasteiger partial charge is 0.573 e. The highest BCUT2D eigenvalue weighted by atomic mass is 19.4. The van der Waals surface area contributed by atoms with Crippen LogP contribution in [0.1, 0.15) is 23.1 Å². The monoisotopic (exact) mass is 472 g/mol. The number of anilines is 1. The molecule has 0 aliphatic carbocycles. The zero-order valence-electron chi connectivity index (χ0n) is 17.9. The molecule has 3 aromatic rings. The fourth-order valence-electron chi connectivity index (χ4n) is 3.44. The molecule has 11 heteroatoms. The van der Waals surface area contributed by atoms with E-state index in [1.54, 1.807) is 24.3 Å². The summed E-state index contributed by atoms with van der Waals surface area (Å²) in [5.74, 6) is 0.165. The maximum atomic E-state index is 13.3. The first-order valence-corrected chi connectivity index (χ1v) is 10.2. The minimum Gasteiger partial charge on any atom is -0.491 e. The predicted molar refractivity (Wildman–Crippen MR) is 115 cm³/mol. The number of carbonyl (C=O) groups is 2. The molecule has 0 unspecified atom stereocenters. The Morgan fingerprint density at radius 3 is 2.59 bits per heavy atom. The zero-order valence-corrected chi connectivity index (χ0v) is 17.9. The number of amides is 2. The van der Waals surface area contributed by atoms with Crippen molar-refractivity contribution in [1.29, 1.82) is 0 Å². The summed E-state index contributed by atoms with van der Waals surface area (Å²) in [5.41, 5.74) is 1.54. The van der Waals surface area contributed by atoms with Crippen LogP contribution >= 0.6 is 0 Å². The predicted octanol–water partition coefficient (Wildman–Crippen LogP) is 4.04. The van der Waals surface area contributed by atoms with Gasteiger partial charge in [0.15, 0.2) is 0 Å². The van der Waals surface area contributed by atoms with Crippen molar-refractivity contribution in [2.24, 2.45) is 0 Å². The highest BCUT2D eigenvalue weighted by molar-refractivity contribution is 5.98. The molecule has 0 radical (unpaired) electrons. The Morgan fingerprint density at radius 1 is 1.15 bits per heavy atom. The molecule has 1 aliphatic heterocycles. The van der Waals surface area contributed by atoms with E-state index in [1.807, 2.05) is 0 Å².